The zero-order chi connectivity index (χ0) is 18.6. The highest BCUT2D eigenvalue weighted by Gasteiger charge is 2.28. The quantitative estimate of drug-likeness (QED) is 0.690. The minimum Gasteiger partial charge on any atom is -0.496 e. The van der Waals surface area contributed by atoms with Crippen LogP contribution in [0.1, 0.15) is 28.4 Å². The Morgan fingerprint density at radius 2 is 1.56 bits per heavy atom. The number of ketones is 1. The molecule has 0 unspecified atom stereocenters. The number of aryl methyl sites for hydroxylation is 1. The molecule has 0 saturated carbocycles. The van der Waals surface area contributed by atoms with Gasteiger partial charge in [-0.05, 0) is 30.2 Å². The number of halogens is 1. The molecule has 0 aromatic heterocycles. The second kappa shape index (κ2) is 8.12. The van der Waals surface area contributed by atoms with Crippen molar-refractivity contribution in [1.82, 2.24) is 0 Å². The number of carbonyl (C=O) groups excluding carboxylic acids is 1. The van der Waals surface area contributed by atoms with E-state index in [4.69, 9.17) is 30.5 Å². The summed E-state index contributed by atoms with van der Waals surface area (Å²) in [5, 5.41) is 0.309. The Balaban J connectivity index is 2.80. The van der Waals surface area contributed by atoms with Crippen molar-refractivity contribution >= 4 is 17.4 Å². The first kappa shape index (κ1) is 18.9. The molecule has 0 aliphatic carbocycles. The van der Waals surface area contributed by atoms with Crippen molar-refractivity contribution in [2.24, 2.45) is 0 Å². The smallest absolute Gasteiger partial charge is 0.204 e. The van der Waals surface area contributed by atoms with Crippen LogP contribution in [0.2, 0.25) is 5.02 Å². The van der Waals surface area contributed by atoms with E-state index in [0.717, 1.165) is 5.56 Å². The van der Waals surface area contributed by atoms with Crippen LogP contribution < -0.4 is 18.9 Å². The maximum atomic E-state index is 13.3. The monoisotopic (exact) mass is 364 g/mol. The molecular weight excluding hydrogens is 344 g/mol. The van der Waals surface area contributed by atoms with Crippen molar-refractivity contribution in [2.45, 2.75) is 13.3 Å². The van der Waals surface area contributed by atoms with Gasteiger partial charge in [-0.15, -0.1) is 0 Å². The SMILES string of the molecule is CCc1cc(OC)c(OC)c(OC)c1C(=O)c1c(Cl)cccc1OC. The lowest BCUT2D eigenvalue weighted by molar-refractivity contribution is 0.103. The third kappa shape index (κ3) is 3.37. The maximum Gasteiger partial charge on any atom is 0.204 e. The van der Waals surface area contributed by atoms with Crippen molar-refractivity contribution in [1.29, 1.82) is 0 Å². The first-order valence-electron chi connectivity index (χ1n) is 7.72. The highest BCUT2D eigenvalue weighted by Crippen LogP contribution is 2.44. The molecule has 0 N–H and O–H groups in total. The molecule has 5 nitrogen and oxygen atoms in total. The van der Waals surface area contributed by atoms with E-state index in [-0.39, 0.29) is 11.3 Å². The van der Waals surface area contributed by atoms with Gasteiger partial charge in [-0.3, -0.25) is 4.79 Å². The van der Waals surface area contributed by atoms with E-state index in [1.807, 2.05) is 6.92 Å². The maximum absolute atomic E-state index is 13.3. The summed E-state index contributed by atoms with van der Waals surface area (Å²) >= 11 is 6.28. The number of rotatable bonds is 7. The van der Waals surface area contributed by atoms with Crippen LogP contribution in [-0.4, -0.2) is 34.2 Å². The first-order chi connectivity index (χ1) is 12.0. The molecule has 25 heavy (non-hydrogen) atoms. The van der Waals surface area contributed by atoms with Gasteiger partial charge in [0.25, 0.3) is 0 Å². The molecular formula is C19H21ClO5. The number of methoxy groups -OCH3 is 4. The standard InChI is InChI=1S/C19H21ClO5/c1-6-11-10-14(23-3)18(24-4)19(25-5)15(11)17(21)16-12(20)8-7-9-13(16)22-2/h7-10H,6H2,1-5H3. The van der Waals surface area contributed by atoms with Crippen LogP contribution in [0.25, 0.3) is 0 Å². The Morgan fingerprint density at radius 1 is 0.920 bits per heavy atom. The molecule has 2 rings (SSSR count). The van der Waals surface area contributed by atoms with Crippen molar-refractivity contribution in [3.05, 3.63) is 46.0 Å². The normalized spacial score (nSPS) is 10.3. The third-order valence-electron chi connectivity index (χ3n) is 3.94. The lowest BCUT2D eigenvalue weighted by Crippen LogP contribution is -2.11. The minimum atomic E-state index is -0.294. The van der Waals surface area contributed by atoms with E-state index in [9.17, 15) is 4.79 Å². The zero-order valence-electron chi connectivity index (χ0n) is 14.9. The number of hydrogen-bond donors (Lipinski definition) is 0. The van der Waals surface area contributed by atoms with Crippen molar-refractivity contribution in [2.75, 3.05) is 28.4 Å². The molecule has 6 heteroatoms. The van der Waals surface area contributed by atoms with E-state index in [1.54, 1.807) is 24.3 Å². The first-order valence-corrected chi connectivity index (χ1v) is 8.10. The summed E-state index contributed by atoms with van der Waals surface area (Å²) < 4.78 is 21.6. The predicted molar refractivity (Wildman–Crippen MR) is 96.9 cm³/mol. The lowest BCUT2D eigenvalue weighted by Gasteiger charge is -2.19. The summed E-state index contributed by atoms with van der Waals surface area (Å²) in [6.07, 6.45) is 0.602. The minimum absolute atomic E-state index is 0.284. The Hall–Kier alpha value is -2.40. The van der Waals surface area contributed by atoms with Crippen LogP contribution in [0.4, 0.5) is 0 Å². The molecule has 0 saturated heterocycles. The van der Waals surface area contributed by atoms with E-state index in [1.165, 1.54) is 28.4 Å². The molecule has 2 aromatic carbocycles. The van der Waals surface area contributed by atoms with Gasteiger partial charge in [0.2, 0.25) is 11.5 Å². The van der Waals surface area contributed by atoms with Crippen LogP contribution in [0, 0.1) is 0 Å². The summed E-state index contributed by atoms with van der Waals surface area (Å²) in [6, 6.07) is 6.84. The van der Waals surface area contributed by atoms with Gasteiger partial charge in [0, 0.05) is 0 Å². The molecule has 0 aliphatic rings. The fourth-order valence-electron chi connectivity index (χ4n) is 2.75. The van der Waals surface area contributed by atoms with Crippen LogP contribution in [0.5, 0.6) is 23.0 Å². The average Bonchev–Trinajstić information content (AvgIpc) is 2.64. The highest BCUT2D eigenvalue weighted by molar-refractivity contribution is 6.35. The summed E-state index contributed by atoms with van der Waals surface area (Å²) in [5.74, 6) is 1.27. The molecule has 134 valence electrons. The largest absolute Gasteiger partial charge is 0.496 e. The lowest BCUT2D eigenvalue weighted by atomic mass is 9.94. The Bertz CT molecular complexity index is 786. The van der Waals surface area contributed by atoms with Gasteiger partial charge >= 0.3 is 0 Å². The topological polar surface area (TPSA) is 54.0 Å². The van der Waals surface area contributed by atoms with Crippen LogP contribution in [0.3, 0.4) is 0 Å². The van der Waals surface area contributed by atoms with Gasteiger partial charge in [-0.2, -0.15) is 0 Å². The predicted octanol–water partition coefficient (Wildman–Crippen LogP) is 4.17. The third-order valence-corrected chi connectivity index (χ3v) is 4.26. The van der Waals surface area contributed by atoms with Gasteiger partial charge in [0.1, 0.15) is 5.75 Å². The fourth-order valence-corrected chi connectivity index (χ4v) is 3.01. The molecule has 0 bridgehead atoms. The number of benzene rings is 2. The Morgan fingerprint density at radius 3 is 2.08 bits per heavy atom. The highest BCUT2D eigenvalue weighted by atomic mass is 35.5. The second-order valence-electron chi connectivity index (χ2n) is 5.18. The molecule has 0 aliphatic heterocycles. The van der Waals surface area contributed by atoms with E-state index < -0.39 is 0 Å². The van der Waals surface area contributed by atoms with Crippen LogP contribution in [0.15, 0.2) is 24.3 Å². The number of hydrogen-bond acceptors (Lipinski definition) is 5. The van der Waals surface area contributed by atoms with Gasteiger partial charge in [-0.25, -0.2) is 0 Å². The van der Waals surface area contributed by atoms with Gasteiger partial charge in [0.15, 0.2) is 11.5 Å². The Labute approximate surface area is 152 Å². The van der Waals surface area contributed by atoms with Gasteiger partial charge in [-0.1, -0.05) is 24.6 Å². The second-order valence-corrected chi connectivity index (χ2v) is 5.59. The summed E-state index contributed by atoms with van der Waals surface area (Å²) in [6.45, 7) is 1.95. The van der Waals surface area contributed by atoms with Crippen molar-refractivity contribution < 1.29 is 23.7 Å². The molecule has 0 fully saturated rings. The number of carbonyl (C=O) groups is 1. The summed E-state index contributed by atoms with van der Waals surface area (Å²) in [5.41, 5.74) is 1.43. The molecule has 0 amide bonds. The number of ether oxygens (including phenoxy) is 4. The molecule has 0 radical (unpaired) electrons. The zero-order valence-corrected chi connectivity index (χ0v) is 15.7. The fraction of sp³-hybridized carbons (Fsp3) is 0.316. The molecule has 0 heterocycles. The van der Waals surface area contributed by atoms with E-state index in [0.29, 0.717) is 40.0 Å². The van der Waals surface area contributed by atoms with Crippen molar-refractivity contribution in [3.63, 3.8) is 0 Å². The Kier molecular flexibility index (Phi) is 6.15. The summed E-state index contributed by atoms with van der Waals surface area (Å²) in [7, 11) is 6.01. The average molecular weight is 365 g/mol. The molecule has 0 atom stereocenters. The van der Waals surface area contributed by atoms with Crippen LogP contribution >= 0.6 is 11.6 Å². The van der Waals surface area contributed by atoms with E-state index >= 15 is 0 Å². The summed E-state index contributed by atoms with van der Waals surface area (Å²) in [4.78, 5) is 13.3. The van der Waals surface area contributed by atoms with Crippen molar-refractivity contribution in [3.8, 4) is 23.0 Å². The van der Waals surface area contributed by atoms with Gasteiger partial charge in [0.05, 0.1) is 44.6 Å². The molecule has 2 aromatic rings. The molecule has 0 spiro atoms. The van der Waals surface area contributed by atoms with E-state index in [2.05, 4.69) is 0 Å². The van der Waals surface area contributed by atoms with Crippen LogP contribution in [-0.2, 0) is 6.42 Å². The van der Waals surface area contributed by atoms with Gasteiger partial charge < -0.3 is 18.9 Å².